The molecule has 2 fully saturated rings. The average Bonchev–Trinajstić information content (AvgIpc) is 2.97. The molecule has 1 amide bonds. The van der Waals surface area contributed by atoms with Crippen LogP contribution in [-0.2, 0) is 6.54 Å². The summed E-state index contributed by atoms with van der Waals surface area (Å²) in [6.45, 7) is 1.01. The molecule has 0 radical (unpaired) electrons. The Hall–Kier alpha value is -2.17. The highest BCUT2D eigenvalue weighted by molar-refractivity contribution is 9.10. The van der Waals surface area contributed by atoms with Crippen molar-refractivity contribution in [2.24, 2.45) is 0 Å². The van der Waals surface area contributed by atoms with Gasteiger partial charge < -0.3 is 5.32 Å². The number of carbonyl (C=O) groups excluding carboxylic acids is 1. The van der Waals surface area contributed by atoms with Crippen LogP contribution in [0.2, 0.25) is 0 Å². The molecule has 0 saturated carbocycles. The molecule has 2 atom stereocenters. The summed E-state index contributed by atoms with van der Waals surface area (Å²) < 4.78 is 1.12. The lowest BCUT2D eigenvalue weighted by Gasteiger charge is -2.39. The number of piperidine rings is 1. The summed E-state index contributed by atoms with van der Waals surface area (Å²) in [4.78, 5) is 15.5. The van der Waals surface area contributed by atoms with Crippen molar-refractivity contribution in [2.45, 2.75) is 50.4 Å². The Bertz CT molecular complexity index is 1020. The second kappa shape index (κ2) is 7.92. The molecule has 2 heterocycles. The van der Waals surface area contributed by atoms with Crippen LogP contribution in [0.5, 0.6) is 0 Å². The second-order valence-corrected chi connectivity index (χ2v) is 9.30. The normalized spacial score (nSPS) is 24.0. The molecule has 4 heteroatoms. The summed E-state index contributed by atoms with van der Waals surface area (Å²) in [6, 6.07) is 24.2. The van der Waals surface area contributed by atoms with E-state index in [9.17, 15) is 4.79 Å². The molecule has 2 unspecified atom stereocenters. The summed E-state index contributed by atoms with van der Waals surface area (Å²) >= 11 is 3.52. The third-order valence-corrected chi connectivity index (χ3v) is 7.04. The molecule has 2 aliphatic rings. The average molecular weight is 449 g/mol. The third kappa shape index (κ3) is 3.96. The molecule has 148 valence electrons. The number of fused-ring (bicyclic) bond motifs is 3. The predicted octanol–water partition coefficient (Wildman–Crippen LogP) is 5.53. The minimum Gasteiger partial charge on any atom is -0.349 e. The largest absolute Gasteiger partial charge is 0.349 e. The first-order chi connectivity index (χ1) is 14.2. The molecule has 2 saturated heterocycles. The van der Waals surface area contributed by atoms with Crippen LogP contribution in [-0.4, -0.2) is 28.9 Å². The number of hydrogen-bond acceptors (Lipinski definition) is 2. The van der Waals surface area contributed by atoms with Crippen LogP contribution < -0.4 is 5.32 Å². The number of rotatable bonds is 4. The number of nitrogens with one attached hydrogen (secondary N) is 1. The zero-order chi connectivity index (χ0) is 19.8. The smallest absolute Gasteiger partial charge is 0.251 e. The lowest BCUT2D eigenvalue weighted by Crippen LogP contribution is -2.49. The molecule has 2 bridgehead atoms. The number of halogens is 1. The van der Waals surface area contributed by atoms with Crippen molar-refractivity contribution in [2.75, 3.05) is 0 Å². The van der Waals surface area contributed by atoms with E-state index in [1.165, 1.54) is 23.8 Å². The van der Waals surface area contributed by atoms with E-state index in [0.29, 0.717) is 12.1 Å². The Morgan fingerprint density at radius 3 is 2.34 bits per heavy atom. The van der Waals surface area contributed by atoms with Crippen LogP contribution in [0.1, 0.15) is 41.6 Å². The van der Waals surface area contributed by atoms with Gasteiger partial charge in [-0.3, -0.25) is 9.69 Å². The maximum atomic E-state index is 12.9. The number of carbonyl (C=O) groups is 1. The Morgan fingerprint density at radius 1 is 0.931 bits per heavy atom. The van der Waals surface area contributed by atoms with Gasteiger partial charge in [0.2, 0.25) is 0 Å². The van der Waals surface area contributed by atoms with Gasteiger partial charge in [0.05, 0.1) is 0 Å². The molecular weight excluding hydrogens is 424 g/mol. The first-order valence-corrected chi connectivity index (χ1v) is 11.2. The molecule has 0 aromatic heterocycles. The fourth-order valence-electron chi connectivity index (χ4n) is 5.05. The lowest BCUT2D eigenvalue weighted by atomic mass is 9.96. The van der Waals surface area contributed by atoms with Gasteiger partial charge in [0, 0.05) is 34.7 Å². The number of nitrogens with zero attached hydrogens (tertiary/aromatic N) is 1. The summed E-state index contributed by atoms with van der Waals surface area (Å²) in [5, 5.41) is 5.61. The minimum absolute atomic E-state index is 0.0570. The van der Waals surface area contributed by atoms with E-state index in [1.807, 2.05) is 30.3 Å². The number of benzene rings is 3. The van der Waals surface area contributed by atoms with Gasteiger partial charge in [-0.05, 0) is 66.3 Å². The molecule has 5 rings (SSSR count). The summed E-state index contributed by atoms with van der Waals surface area (Å²) in [7, 11) is 0. The Labute approximate surface area is 180 Å². The van der Waals surface area contributed by atoms with E-state index in [2.05, 4.69) is 62.5 Å². The van der Waals surface area contributed by atoms with Crippen LogP contribution in [0.4, 0.5) is 0 Å². The Balaban J connectivity index is 1.24. The van der Waals surface area contributed by atoms with E-state index in [0.717, 1.165) is 34.8 Å². The van der Waals surface area contributed by atoms with Crippen LogP contribution in [0.25, 0.3) is 10.8 Å². The fraction of sp³-hybridized carbons (Fsp3) is 0.320. The van der Waals surface area contributed by atoms with Crippen molar-refractivity contribution in [3.63, 3.8) is 0 Å². The fourth-order valence-corrected chi connectivity index (χ4v) is 5.31. The first-order valence-electron chi connectivity index (χ1n) is 10.5. The van der Waals surface area contributed by atoms with E-state index >= 15 is 0 Å². The third-order valence-electron chi connectivity index (χ3n) is 6.51. The lowest BCUT2D eigenvalue weighted by molar-refractivity contribution is 0.0828. The van der Waals surface area contributed by atoms with Gasteiger partial charge in [-0.2, -0.15) is 0 Å². The zero-order valence-corrected chi connectivity index (χ0v) is 17.9. The van der Waals surface area contributed by atoms with Crippen LogP contribution >= 0.6 is 15.9 Å². The van der Waals surface area contributed by atoms with Crippen LogP contribution in [0.3, 0.4) is 0 Å². The highest BCUT2D eigenvalue weighted by Gasteiger charge is 2.40. The van der Waals surface area contributed by atoms with Gasteiger partial charge in [0.25, 0.3) is 5.91 Å². The van der Waals surface area contributed by atoms with Gasteiger partial charge in [0.1, 0.15) is 0 Å². The number of hydrogen-bond donors (Lipinski definition) is 1. The molecule has 2 aliphatic heterocycles. The standard InChI is InChI=1S/C25H25BrN2O/c26-21-9-5-17(6-10-21)16-28-23-11-12-24(28)15-22(14-23)27-25(29)20-8-7-18-3-1-2-4-19(18)13-20/h1-10,13,22-24H,11-12,14-16H2,(H,27,29). The quantitative estimate of drug-likeness (QED) is 0.568. The van der Waals surface area contributed by atoms with Crippen molar-refractivity contribution < 1.29 is 4.79 Å². The molecule has 0 spiro atoms. The summed E-state index contributed by atoms with van der Waals surface area (Å²) in [6.07, 6.45) is 4.58. The van der Waals surface area contributed by atoms with Gasteiger partial charge in [-0.15, -0.1) is 0 Å². The summed E-state index contributed by atoms with van der Waals surface area (Å²) in [5.41, 5.74) is 2.12. The molecule has 1 N–H and O–H groups in total. The van der Waals surface area contributed by atoms with Crippen molar-refractivity contribution >= 4 is 32.6 Å². The molecule has 29 heavy (non-hydrogen) atoms. The molecule has 3 aromatic rings. The molecule has 3 aromatic carbocycles. The topological polar surface area (TPSA) is 32.3 Å². The predicted molar refractivity (Wildman–Crippen MR) is 121 cm³/mol. The number of amides is 1. The first kappa shape index (κ1) is 18.8. The van der Waals surface area contributed by atoms with Crippen molar-refractivity contribution in [3.05, 3.63) is 82.3 Å². The minimum atomic E-state index is 0.0570. The van der Waals surface area contributed by atoms with Crippen LogP contribution in [0.15, 0.2) is 71.2 Å². The second-order valence-electron chi connectivity index (χ2n) is 8.39. The monoisotopic (exact) mass is 448 g/mol. The van der Waals surface area contributed by atoms with Crippen molar-refractivity contribution in [1.82, 2.24) is 10.2 Å². The molecular formula is C25H25BrN2O. The highest BCUT2D eigenvalue weighted by Crippen LogP contribution is 2.37. The molecule has 3 nitrogen and oxygen atoms in total. The van der Waals surface area contributed by atoms with Gasteiger partial charge in [-0.25, -0.2) is 0 Å². The van der Waals surface area contributed by atoms with E-state index in [1.54, 1.807) is 0 Å². The zero-order valence-electron chi connectivity index (χ0n) is 16.4. The Kier molecular flexibility index (Phi) is 5.15. The Morgan fingerprint density at radius 2 is 1.62 bits per heavy atom. The maximum absolute atomic E-state index is 12.9. The van der Waals surface area contributed by atoms with E-state index in [4.69, 9.17) is 0 Å². The van der Waals surface area contributed by atoms with Gasteiger partial charge in [0.15, 0.2) is 0 Å². The van der Waals surface area contributed by atoms with Crippen LogP contribution in [0, 0.1) is 0 Å². The maximum Gasteiger partial charge on any atom is 0.251 e. The van der Waals surface area contributed by atoms with Gasteiger partial charge >= 0.3 is 0 Å². The van der Waals surface area contributed by atoms with E-state index < -0.39 is 0 Å². The molecule has 0 aliphatic carbocycles. The van der Waals surface area contributed by atoms with E-state index in [-0.39, 0.29) is 11.9 Å². The SMILES string of the molecule is O=C(NC1CC2CCC(C1)N2Cc1ccc(Br)cc1)c1ccc2ccccc2c1. The highest BCUT2D eigenvalue weighted by atomic mass is 79.9. The van der Waals surface area contributed by atoms with Gasteiger partial charge in [-0.1, -0.05) is 58.4 Å². The summed E-state index contributed by atoms with van der Waals surface area (Å²) in [5.74, 6) is 0.0570. The van der Waals surface area contributed by atoms with Crippen molar-refractivity contribution in [1.29, 1.82) is 0 Å². The van der Waals surface area contributed by atoms with Crippen molar-refractivity contribution in [3.8, 4) is 0 Å².